The molecule has 0 radical (unpaired) electrons. The van der Waals surface area contributed by atoms with Crippen molar-refractivity contribution in [2.75, 3.05) is 7.11 Å². The monoisotopic (exact) mass is 782 g/mol. The Labute approximate surface area is 325 Å². The molecule has 3 aliphatic rings. The molecule has 56 heavy (non-hydrogen) atoms. The summed E-state index contributed by atoms with van der Waals surface area (Å²) in [4.78, 5) is 62.8. The molecule has 0 spiro atoms. The predicted molar refractivity (Wildman–Crippen MR) is 195 cm³/mol. The molecule has 0 unspecified atom stereocenters. The molecule has 15 heteroatoms. The Balaban J connectivity index is 1.28. The maximum atomic E-state index is 13.2. The Morgan fingerprint density at radius 1 is 0.625 bits per heavy atom. The lowest BCUT2D eigenvalue weighted by Gasteiger charge is -2.44. The molecule has 0 amide bonds. The van der Waals surface area contributed by atoms with Crippen molar-refractivity contribution >= 4 is 29.8 Å². The molecule has 0 saturated carbocycles. The first-order valence-corrected chi connectivity index (χ1v) is 18.7. The van der Waals surface area contributed by atoms with E-state index in [2.05, 4.69) is 0 Å². The lowest BCUT2D eigenvalue weighted by Crippen LogP contribution is -2.56. The van der Waals surface area contributed by atoms with Crippen molar-refractivity contribution < 1.29 is 71.3 Å². The van der Waals surface area contributed by atoms with Gasteiger partial charge in [-0.25, -0.2) is 9.59 Å². The molecule has 2 aromatic rings. The number of esters is 5. The van der Waals surface area contributed by atoms with Crippen LogP contribution in [-0.2, 0) is 61.8 Å². The van der Waals surface area contributed by atoms with Gasteiger partial charge in [-0.2, -0.15) is 0 Å². The minimum absolute atomic E-state index is 0.0382. The summed E-state index contributed by atoms with van der Waals surface area (Å²) in [6.07, 6.45) is -6.19. The van der Waals surface area contributed by atoms with E-state index in [-0.39, 0.29) is 25.7 Å². The number of cyclic esters (lactones) is 1. The molecule has 2 aromatic carbocycles. The van der Waals surface area contributed by atoms with Crippen molar-refractivity contribution in [3.05, 3.63) is 83.9 Å². The van der Waals surface area contributed by atoms with Crippen LogP contribution in [0.1, 0.15) is 81.0 Å². The minimum Gasteiger partial charge on any atom is -0.462 e. The zero-order valence-electron chi connectivity index (χ0n) is 32.3. The van der Waals surface area contributed by atoms with E-state index < -0.39 is 103 Å². The molecule has 12 atom stereocenters. The van der Waals surface area contributed by atoms with E-state index in [4.69, 9.17) is 47.4 Å². The van der Waals surface area contributed by atoms with Crippen molar-refractivity contribution in [3.8, 4) is 0 Å². The van der Waals surface area contributed by atoms with Gasteiger partial charge < -0.3 is 47.4 Å². The molecule has 0 aliphatic carbocycles. The Bertz CT molecular complexity index is 1670. The molecule has 0 N–H and O–H groups in total. The van der Waals surface area contributed by atoms with Crippen LogP contribution >= 0.6 is 0 Å². The standard InChI is InChI=1S/C41H50O15/c1-23-19-30(17-18-31(51-26(4)42)32(52-27(5)43)20-35(44)48-23)53-36-21-33(47-6)38(24(2)49-36)55-37-22-34(54-40(45)28-13-9-7-10-14-28)39(25(3)50-37)56-41(46)29-15-11-8-12-16-29/h7-18,23-25,30-34,36-39H,19-22H2,1-6H3/b18-17+/t23-,24-,25-,30-,31+,32+,33-,34+,36-,37-,38-,39-/m1/s1. The Hall–Kier alpha value is -4.67. The Morgan fingerprint density at radius 3 is 1.77 bits per heavy atom. The average Bonchev–Trinajstić information content (AvgIpc) is 3.15. The summed E-state index contributed by atoms with van der Waals surface area (Å²) in [7, 11) is 1.54. The van der Waals surface area contributed by atoms with Crippen molar-refractivity contribution in [1.82, 2.24) is 0 Å². The lowest BCUT2D eigenvalue weighted by molar-refractivity contribution is -0.316. The van der Waals surface area contributed by atoms with Gasteiger partial charge in [0.25, 0.3) is 0 Å². The largest absolute Gasteiger partial charge is 0.462 e. The highest BCUT2D eigenvalue weighted by Crippen LogP contribution is 2.33. The van der Waals surface area contributed by atoms with Gasteiger partial charge in [-0.3, -0.25) is 14.4 Å². The van der Waals surface area contributed by atoms with Gasteiger partial charge >= 0.3 is 29.8 Å². The van der Waals surface area contributed by atoms with Gasteiger partial charge in [0, 0.05) is 40.2 Å². The van der Waals surface area contributed by atoms with Gasteiger partial charge in [0.15, 0.2) is 30.9 Å². The molecule has 0 aromatic heterocycles. The van der Waals surface area contributed by atoms with Crippen molar-refractivity contribution in [1.29, 1.82) is 0 Å². The summed E-state index contributed by atoms with van der Waals surface area (Å²) in [6.45, 7) is 7.62. The van der Waals surface area contributed by atoms with E-state index in [0.29, 0.717) is 11.1 Å². The van der Waals surface area contributed by atoms with E-state index in [1.54, 1.807) is 87.5 Å². The molecular formula is C41H50O15. The second-order valence-corrected chi connectivity index (χ2v) is 14.0. The highest BCUT2D eigenvalue weighted by Gasteiger charge is 2.46. The zero-order chi connectivity index (χ0) is 40.4. The molecular weight excluding hydrogens is 732 g/mol. The van der Waals surface area contributed by atoms with Gasteiger partial charge in [0.2, 0.25) is 0 Å². The van der Waals surface area contributed by atoms with Gasteiger partial charge in [-0.1, -0.05) is 42.5 Å². The first kappa shape index (κ1) is 42.5. The number of ether oxygens (including phenoxy) is 10. The predicted octanol–water partition coefficient (Wildman–Crippen LogP) is 4.64. The number of carbonyl (C=O) groups excluding carboxylic acids is 5. The number of hydrogen-bond donors (Lipinski definition) is 0. The molecule has 304 valence electrons. The fraction of sp³-hybridized carbons (Fsp3) is 0.537. The number of methoxy groups -OCH3 is 1. The zero-order valence-corrected chi connectivity index (χ0v) is 32.3. The van der Waals surface area contributed by atoms with Gasteiger partial charge in [-0.15, -0.1) is 0 Å². The molecule has 3 heterocycles. The summed E-state index contributed by atoms with van der Waals surface area (Å²) in [6, 6.07) is 17.0. The molecule has 15 nitrogen and oxygen atoms in total. The fourth-order valence-electron chi connectivity index (χ4n) is 6.90. The molecule has 5 rings (SSSR count). The van der Waals surface area contributed by atoms with Crippen molar-refractivity contribution in [2.45, 2.75) is 134 Å². The average molecular weight is 783 g/mol. The van der Waals surface area contributed by atoms with Gasteiger partial charge in [0.05, 0.1) is 42.0 Å². The smallest absolute Gasteiger partial charge is 0.338 e. The molecule has 3 aliphatic heterocycles. The number of carbonyl (C=O) groups is 5. The second-order valence-electron chi connectivity index (χ2n) is 14.0. The Morgan fingerprint density at radius 2 is 1.18 bits per heavy atom. The van der Waals surface area contributed by atoms with Crippen molar-refractivity contribution in [3.63, 3.8) is 0 Å². The van der Waals surface area contributed by atoms with Crippen LogP contribution in [0.2, 0.25) is 0 Å². The summed E-state index contributed by atoms with van der Waals surface area (Å²) in [5, 5.41) is 0. The second kappa shape index (κ2) is 20.0. The number of benzene rings is 2. The highest BCUT2D eigenvalue weighted by molar-refractivity contribution is 5.90. The molecule has 2 saturated heterocycles. The third-order valence-electron chi connectivity index (χ3n) is 9.47. The van der Waals surface area contributed by atoms with E-state index in [0.717, 1.165) is 0 Å². The normalized spacial score (nSPS) is 32.9. The Kier molecular flexibility index (Phi) is 15.1. The highest BCUT2D eigenvalue weighted by atomic mass is 16.7. The van der Waals surface area contributed by atoms with Crippen LogP contribution in [0.3, 0.4) is 0 Å². The van der Waals surface area contributed by atoms with Crippen LogP contribution in [0.25, 0.3) is 0 Å². The van der Waals surface area contributed by atoms with Gasteiger partial charge in [0.1, 0.15) is 18.3 Å². The summed E-state index contributed by atoms with van der Waals surface area (Å²) in [5.41, 5.74) is 0.673. The van der Waals surface area contributed by atoms with Crippen LogP contribution in [0.4, 0.5) is 0 Å². The van der Waals surface area contributed by atoms with Crippen LogP contribution in [0, 0.1) is 0 Å². The molecule has 0 bridgehead atoms. The number of hydrogen-bond acceptors (Lipinski definition) is 15. The third kappa shape index (κ3) is 11.9. The van der Waals surface area contributed by atoms with Crippen LogP contribution in [-0.4, -0.2) is 111 Å². The van der Waals surface area contributed by atoms with Crippen LogP contribution in [0.15, 0.2) is 72.8 Å². The number of rotatable bonds is 11. The van der Waals surface area contributed by atoms with E-state index in [1.165, 1.54) is 27.0 Å². The maximum absolute atomic E-state index is 13.2. The lowest BCUT2D eigenvalue weighted by atomic mass is 9.99. The maximum Gasteiger partial charge on any atom is 0.338 e. The summed E-state index contributed by atoms with van der Waals surface area (Å²) >= 11 is 0. The third-order valence-corrected chi connectivity index (χ3v) is 9.47. The van der Waals surface area contributed by atoms with Crippen LogP contribution in [0.5, 0.6) is 0 Å². The van der Waals surface area contributed by atoms with E-state index in [1.807, 2.05) is 0 Å². The fourth-order valence-corrected chi connectivity index (χ4v) is 6.90. The molecule has 2 fully saturated rings. The van der Waals surface area contributed by atoms with E-state index in [9.17, 15) is 24.0 Å². The van der Waals surface area contributed by atoms with Gasteiger partial charge in [-0.05, 0) is 51.1 Å². The first-order valence-electron chi connectivity index (χ1n) is 18.7. The van der Waals surface area contributed by atoms with Crippen molar-refractivity contribution in [2.24, 2.45) is 0 Å². The van der Waals surface area contributed by atoms with E-state index >= 15 is 0 Å². The minimum atomic E-state index is -1.11. The summed E-state index contributed by atoms with van der Waals surface area (Å²) in [5.74, 6) is -3.09. The topological polar surface area (TPSA) is 178 Å². The quantitative estimate of drug-likeness (QED) is 0.175. The SMILES string of the molecule is CO[C@@H]1C[C@@H](O[C@@H]2/C=C/[C@H](OC(C)=O)[C@@H](OC(C)=O)CC(=O)O[C@H](C)C2)O[C@H](C)[C@H]1O[C@@H]1C[C@H](OC(=O)c2ccccc2)[C@H](OC(=O)c2ccccc2)[C@@H](C)O1. The van der Waals surface area contributed by atoms with Crippen LogP contribution < -0.4 is 0 Å². The first-order chi connectivity index (χ1) is 26.8. The summed E-state index contributed by atoms with van der Waals surface area (Å²) < 4.78 is 59.3.